The van der Waals surface area contributed by atoms with Crippen LogP contribution in [0.2, 0.25) is 0 Å². The number of amides is 1. The summed E-state index contributed by atoms with van der Waals surface area (Å²) in [7, 11) is 0. The first-order valence-electron chi connectivity index (χ1n) is 11.6. The molecule has 0 aromatic heterocycles. The number of nitrogens with one attached hydrogen (secondary N) is 1. The highest BCUT2D eigenvalue weighted by Gasteiger charge is 2.16. The lowest BCUT2D eigenvalue weighted by Gasteiger charge is -2.30. The number of rotatable bonds is 6. The molecular weight excluding hydrogens is 370 g/mol. The largest absolute Gasteiger partial charge is 0.372 e. The number of hydrogen-bond donors (Lipinski definition) is 1. The van der Waals surface area contributed by atoms with Gasteiger partial charge >= 0.3 is 0 Å². The second kappa shape index (κ2) is 10.1. The summed E-state index contributed by atoms with van der Waals surface area (Å²) in [4.78, 5) is 17.5. The van der Waals surface area contributed by atoms with Gasteiger partial charge in [-0.15, -0.1) is 0 Å². The van der Waals surface area contributed by atoms with Gasteiger partial charge in [0, 0.05) is 44.0 Å². The van der Waals surface area contributed by atoms with E-state index in [-0.39, 0.29) is 5.91 Å². The fraction of sp³-hybridized carbons (Fsp3) is 0.500. The van der Waals surface area contributed by atoms with Crippen LogP contribution in [0.15, 0.2) is 48.5 Å². The minimum absolute atomic E-state index is 0.00625. The van der Waals surface area contributed by atoms with E-state index in [1.807, 2.05) is 12.1 Å². The third-order valence-electron chi connectivity index (χ3n) is 6.47. The van der Waals surface area contributed by atoms with Gasteiger partial charge in [0.15, 0.2) is 0 Å². The van der Waals surface area contributed by atoms with Crippen molar-refractivity contribution < 1.29 is 4.79 Å². The molecule has 1 amide bonds. The van der Waals surface area contributed by atoms with Crippen LogP contribution in [0, 0.1) is 5.92 Å². The van der Waals surface area contributed by atoms with Gasteiger partial charge in [0.2, 0.25) is 0 Å². The summed E-state index contributed by atoms with van der Waals surface area (Å²) < 4.78 is 0. The van der Waals surface area contributed by atoms with Gasteiger partial charge in [0.05, 0.1) is 0 Å². The Bertz CT molecular complexity index is 809. The van der Waals surface area contributed by atoms with Gasteiger partial charge in [0.1, 0.15) is 0 Å². The molecule has 0 spiro atoms. The summed E-state index contributed by atoms with van der Waals surface area (Å²) in [6, 6.07) is 16.7. The SMILES string of the molecule is C[C@H]1CCCN(Cc2ccc(C(=O)NCc3ccc(N4CCCCC4)cc3)cc2)C1. The Labute approximate surface area is 181 Å². The maximum absolute atomic E-state index is 12.5. The quantitative estimate of drug-likeness (QED) is 0.747. The fourth-order valence-electron chi connectivity index (χ4n) is 4.71. The molecule has 2 aliphatic rings. The molecule has 4 nitrogen and oxygen atoms in total. The zero-order valence-electron chi connectivity index (χ0n) is 18.3. The van der Waals surface area contributed by atoms with E-state index in [9.17, 15) is 4.79 Å². The average molecular weight is 406 g/mol. The topological polar surface area (TPSA) is 35.6 Å². The number of benzene rings is 2. The van der Waals surface area contributed by atoms with Crippen LogP contribution in [-0.4, -0.2) is 37.0 Å². The maximum atomic E-state index is 12.5. The minimum atomic E-state index is -0.00625. The van der Waals surface area contributed by atoms with E-state index >= 15 is 0 Å². The van der Waals surface area contributed by atoms with Crippen molar-refractivity contribution in [2.24, 2.45) is 5.92 Å². The minimum Gasteiger partial charge on any atom is -0.372 e. The first kappa shape index (κ1) is 20.9. The van der Waals surface area contributed by atoms with Crippen LogP contribution in [0.5, 0.6) is 0 Å². The number of nitrogens with zero attached hydrogens (tertiary/aromatic N) is 2. The van der Waals surface area contributed by atoms with Crippen molar-refractivity contribution in [3.8, 4) is 0 Å². The van der Waals surface area contributed by atoms with Crippen molar-refractivity contribution >= 4 is 11.6 Å². The number of carbonyl (C=O) groups excluding carboxylic acids is 1. The van der Waals surface area contributed by atoms with E-state index in [0.29, 0.717) is 6.54 Å². The van der Waals surface area contributed by atoms with Gasteiger partial charge in [0.25, 0.3) is 5.91 Å². The van der Waals surface area contributed by atoms with Crippen molar-refractivity contribution in [2.75, 3.05) is 31.1 Å². The van der Waals surface area contributed by atoms with Crippen molar-refractivity contribution in [2.45, 2.75) is 52.1 Å². The van der Waals surface area contributed by atoms with Gasteiger partial charge < -0.3 is 10.2 Å². The van der Waals surface area contributed by atoms with E-state index in [0.717, 1.165) is 36.7 Å². The molecule has 1 N–H and O–H groups in total. The second-order valence-electron chi connectivity index (χ2n) is 9.08. The number of hydrogen-bond acceptors (Lipinski definition) is 3. The predicted molar refractivity (Wildman–Crippen MR) is 124 cm³/mol. The Balaban J connectivity index is 1.26. The lowest BCUT2D eigenvalue weighted by molar-refractivity contribution is 0.0951. The third kappa shape index (κ3) is 5.63. The number of piperidine rings is 2. The summed E-state index contributed by atoms with van der Waals surface area (Å²) in [5.74, 6) is 0.783. The van der Waals surface area contributed by atoms with Crippen LogP contribution in [0.25, 0.3) is 0 Å². The molecule has 30 heavy (non-hydrogen) atoms. The van der Waals surface area contributed by atoms with Gasteiger partial charge in [-0.25, -0.2) is 0 Å². The monoisotopic (exact) mass is 405 g/mol. The smallest absolute Gasteiger partial charge is 0.251 e. The summed E-state index contributed by atoms with van der Waals surface area (Å²) in [5, 5.41) is 3.06. The van der Waals surface area contributed by atoms with E-state index in [2.05, 4.69) is 58.4 Å². The first-order chi connectivity index (χ1) is 14.7. The molecule has 2 aromatic carbocycles. The zero-order valence-corrected chi connectivity index (χ0v) is 18.3. The summed E-state index contributed by atoms with van der Waals surface area (Å²) in [6.45, 7) is 8.55. The van der Waals surface area contributed by atoms with Crippen LogP contribution in [0.3, 0.4) is 0 Å². The number of carbonyl (C=O) groups is 1. The molecule has 0 radical (unpaired) electrons. The normalized spacial score (nSPS) is 20.2. The van der Waals surface area contributed by atoms with E-state index in [4.69, 9.17) is 0 Å². The van der Waals surface area contributed by atoms with E-state index in [1.54, 1.807) is 0 Å². The van der Waals surface area contributed by atoms with Crippen molar-refractivity contribution in [3.05, 3.63) is 65.2 Å². The summed E-state index contributed by atoms with van der Waals surface area (Å²) in [5.41, 5.74) is 4.45. The third-order valence-corrected chi connectivity index (χ3v) is 6.47. The summed E-state index contributed by atoms with van der Waals surface area (Å²) in [6.07, 6.45) is 6.55. The highest BCUT2D eigenvalue weighted by molar-refractivity contribution is 5.94. The summed E-state index contributed by atoms with van der Waals surface area (Å²) >= 11 is 0. The molecule has 2 fully saturated rings. The lowest BCUT2D eigenvalue weighted by atomic mass is 9.99. The predicted octanol–water partition coefficient (Wildman–Crippen LogP) is 4.84. The lowest BCUT2D eigenvalue weighted by Crippen LogP contribution is -2.33. The standard InChI is InChI=1S/C26H35N3O/c1-21-6-5-15-28(19-21)20-23-7-11-24(12-8-23)26(30)27-18-22-9-13-25(14-10-22)29-16-3-2-4-17-29/h7-14,21H,2-6,15-20H2,1H3,(H,27,30)/t21-/m0/s1. The van der Waals surface area contributed by atoms with Crippen molar-refractivity contribution in [1.29, 1.82) is 0 Å². The Kier molecular flexibility index (Phi) is 7.06. The molecule has 2 aliphatic heterocycles. The number of likely N-dealkylation sites (tertiary alicyclic amines) is 1. The zero-order chi connectivity index (χ0) is 20.8. The van der Waals surface area contributed by atoms with Crippen molar-refractivity contribution in [1.82, 2.24) is 10.2 Å². The molecule has 2 aromatic rings. The molecule has 0 aliphatic carbocycles. The van der Waals surface area contributed by atoms with Crippen molar-refractivity contribution in [3.63, 3.8) is 0 Å². The van der Waals surface area contributed by atoms with Gasteiger partial charge in [-0.05, 0) is 80.0 Å². The molecule has 160 valence electrons. The van der Waals surface area contributed by atoms with Gasteiger partial charge in [-0.2, -0.15) is 0 Å². The Morgan fingerprint density at radius 2 is 1.60 bits per heavy atom. The van der Waals surface area contributed by atoms with Crippen LogP contribution in [-0.2, 0) is 13.1 Å². The average Bonchev–Trinajstić information content (AvgIpc) is 2.79. The maximum Gasteiger partial charge on any atom is 0.251 e. The molecular formula is C26H35N3O. The van der Waals surface area contributed by atoms with E-state index in [1.165, 1.54) is 56.4 Å². The van der Waals surface area contributed by atoms with Gasteiger partial charge in [-0.3, -0.25) is 9.69 Å². The van der Waals surface area contributed by atoms with Crippen LogP contribution >= 0.6 is 0 Å². The second-order valence-corrected chi connectivity index (χ2v) is 9.08. The number of anilines is 1. The highest BCUT2D eigenvalue weighted by Crippen LogP contribution is 2.20. The van der Waals surface area contributed by atoms with Gasteiger partial charge in [-0.1, -0.05) is 31.2 Å². The first-order valence-corrected chi connectivity index (χ1v) is 11.6. The van der Waals surface area contributed by atoms with Crippen LogP contribution in [0.1, 0.15) is 60.5 Å². The molecule has 0 saturated carbocycles. The molecule has 1 atom stereocenters. The Morgan fingerprint density at radius 1 is 0.900 bits per heavy atom. The molecule has 4 rings (SSSR count). The van der Waals surface area contributed by atoms with Crippen LogP contribution < -0.4 is 10.2 Å². The molecule has 0 unspecified atom stereocenters. The molecule has 2 saturated heterocycles. The Hall–Kier alpha value is -2.33. The highest BCUT2D eigenvalue weighted by atomic mass is 16.1. The molecule has 0 bridgehead atoms. The van der Waals surface area contributed by atoms with E-state index < -0.39 is 0 Å². The molecule has 4 heteroatoms. The Morgan fingerprint density at radius 3 is 2.30 bits per heavy atom. The fourth-order valence-corrected chi connectivity index (χ4v) is 4.71. The molecule has 2 heterocycles. The van der Waals surface area contributed by atoms with Crippen LogP contribution in [0.4, 0.5) is 5.69 Å².